The normalized spacial score (nSPS) is 14.9. The molecule has 1 unspecified atom stereocenters. The zero-order chi connectivity index (χ0) is 7.98. The Balaban J connectivity index is 3.42. The Morgan fingerprint density at radius 1 is 1.30 bits per heavy atom. The van der Waals surface area contributed by atoms with Gasteiger partial charge < -0.3 is 0 Å². The van der Waals surface area contributed by atoms with Crippen LogP contribution in [-0.2, 0) is 0 Å². The molecule has 0 saturated carbocycles. The fraction of sp³-hybridized carbons (Fsp3) is 0.778. The molecule has 0 aromatic carbocycles. The van der Waals surface area contributed by atoms with E-state index in [0.29, 0.717) is 11.8 Å². The molecular formula is C9H17Cl. The van der Waals surface area contributed by atoms with E-state index in [-0.39, 0.29) is 0 Å². The topological polar surface area (TPSA) is 0 Å². The zero-order valence-electron chi connectivity index (χ0n) is 7.10. The van der Waals surface area contributed by atoms with Crippen LogP contribution in [0.15, 0.2) is 12.2 Å². The van der Waals surface area contributed by atoms with Crippen LogP contribution in [0.2, 0.25) is 0 Å². The maximum absolute atomic E-state index is 5.50. The average molecular weight is 161 g/mol. The monoisotopic (exact) mass is 160 g/mol. The van der Waals surface area contributed by atoms with Crippen molar-refractivity contribution in [2.75, 3.05) is 5.88 Å². The van der Waals surface area contributed by atoms with E-state index in [0.717, 1.165) is 5.92 Å². The minimum absolute atomic E-state index is 0.641. The highest BCUT2D eigenvalue weighted by atomic mass is 35.5. The maximum atomic E-state index is 5.50. The molecule has 0 aliphatic carbocycles. The molecule has 1 heteroatoms. The molecule has 0 nitrogen and oxygen atoms in total. The number of hydrogen-bond donors (Lipinski definition) is 0. The SMILES string of the molecule is CC(C)CC(C)/C=C/CCl. The highest BCUT2D eigenvalue weighted by Gasteiger charge is 1.99. The molecule has 0 saturated heterocycles. The van der Waals surface area contributed by atoms with Crippen LogP contribution in [0.1, 0.15) is 27.2 Å². The first kappa shape index (κ1) is 10.0. The van der Waals surface area contributed by atoms with E-state index < -0.39 is 0 Å². The first-order valence-electron chi connectivity index (χ1n) is 3.89. The largest absolute Gasteiger partial charge is 0.122 e. The van der Waals surface area contributed by atoms with Crippen LogP contribution in [0, 0.1) is 11.8 Å². The molecule has 10 heavy (non-hydrogen) atoms. The van der Waals surface area contributed by atoms with Crippen LogP contribution in [0.25, 0.3) is 0 Å². The summed E-state index contributed by atoms with van der Waals surface area (Å²) in [5, 5.41) is 0. The third-order valence-corrected chi connectivity index (χ3v) is 1.58. The van der Waals surface area contributed by atoms with E-state index in [1.807, 2.05) is 6.08 Å². The van der Waals surface area contributed by atoms with Crippen molar-refractivity contribution in [3.63, 3.8) is 0 Å². The summed E-state index contributed by atoms with van der Waals surface area (Å²) >= 11 is 5.50. The summed E-state index contributed by atoms with van der Waals surface area (Å²) < 4.78 is 0. The molecule has 0 radical (unpaired) electrons. The lowest BCUT2D eigenvalue weighted by Crippen LogP contribution is -1.95. The van der Waals surface area contributed by atoms with Crippen molar-refractivity contribution in [2.24, 2.45) is 11.8 Å². The lowest BCUT2D eigenvalue weighted by atomic mass is 9.99. The van der Waals surface area contributed by atoms with E-state index in [4.69, 9.17) is 11.6 Å². The van der Waals surface area contributed by atoms with E-state index >= 15 is 0 Å². The Morgan fingerprint density at radius 2 is 1.90 bits per heavy atom. The Kier molecular flexibility index (Phi) is 5.81. The van der Waals surface area contributed by atoms with Gasteiger partial charge in [-0.2, -0.15) is 0 Å². The quantitative estimate of drug-likeness (QED) is 0.437. The van der Waals surface area contributed by atoms with Crippen molar-refractivity contribution in [1.29, 1.82) is 0 Å². The highest BCUT2D eigenvalue weighted by molar-refractivity contribution is 6.18. The predicted octanol–water partition coefficient (Wildman–Crippen LogP) is 3.46. The van der Waals surface area contributed by atoms with Crippen molar-refractivity contribution in [2.45, 2.75) is 27.2 Å². The maximum Gasteiger partial charge on any atom is 0.0404 e. The van der Waals surface area contributed by atoms with Gasteiger partial charge in [0.25, 0.3) is 0 Å². The molecule has 0 fully saturated rings. The molecule has 0 amide bonds. The van der Waals surface area contributed by atoms with Crippen LogP contribution in [0.3, 0.4) is 0 Å². The minimum Gasteiger partial charge on any atom is -0.122 e. The van der Waals surface area contributed by atoms with Gasteiger partial charge in [-0.15, -0.1) is 11.6 Å². The molecule has 0 aliphatic heterocycles. The van der Waals surface area contributed by atoms with E-state index in [9.17, 15) is 0 Å². The summed E-state index contributed by atoms with van der Waals surface area (Å²) in [6, 6.07) is 0. The van der Waals surface area contributed by atoms with Crippen LogP contribution in [0.5, 0.6) is 0 Å². The molecule has 0 rings (SSSR count). The predicted molar refractivity (Wildman–Crippen MR) is 48.5 cm³/mol. The van der Waals surface area contributed by atoms with Crippen molar-refractivity contribution in [3.8, 4) is 0 Å². The van der Waals surface area contributed by atoms with Crippen LogP contribution in [0.4, 0.5) is 0 Å². The van der Waals surface area contributed by atoms with Gasteiger partial charge in [0.2, 0.25) is 0 Å². The van der Waals surface area contributed by atoms with Crippen molar-refractivity contribution in [1.82, 2.24) is 0 Å². The van der Waals surface area contributed by atoms with Crippen LogP contribution >= 0.6 is 11.6 Å². The minimum atomic E-state index is 0.641. The summed E-state index contributed by atoms with van der Waals surface area (Å²) in [6.07, 6.45) is 5.47. The van der Waals surface area contributed by atoms with Crippen molar-refractivity contribution < 1.29 is 0 Å². The number of rotatable bonds is 4. The first-order chi connectivity index (χ1) is 4.66. The smallest absolute Gasteiger partial charge is 0.0404 e. The summed E-state index contributed by atoms with van der Waals surface area (Å²) in [4.78, 5) is 0. The van der Waals surface area contributed by atoms with Crippen LogP contribution in [-0.4, -0.2) is 5.88 Å². The lowest BCUT2D eigenvalue weighted by molar-refractivity contribution is 0.503. The van der Waals surface area contributed by atoms with Gasteiger partial charge in [0.15, 0.2) is 0 Å². The molecule has 1 atom stereocenters. The molecule has 60 valence electrons. The zero-order valence-corrected chi connectivity index (χ0v) is 7.86. The summed E-state index contributed by atoms with van der Waals surface area (Å²) in [7, 11) is 0. The van der Waals surface area contributed by atoms with Gasteiger partial charge in [-0.3, -0.25) is 0 Å². The van der Waals surface area contributed by atoms with Gasteiger partial charge in [0.1, 0.15) is 0 Å². The molecule has 0 spiro atoms. The Bertz CT molecular complexity index is 94.9. The second kappa shape index (κ2) is 5.79. The third kappa shape index (κ3) is 6.15. The van der Waals surface area contributed by atoms with E-state index in [2.05, 4.69) is 26.8 Å². The Labute approximate surface area is 69.3 Å². The van der Waals surface area contributed by atoms with E-state index in [1.54, 1.807) is 0 Å². The molecule has 0 aromatic rings. The van der Waals surface area contributed by atoms with Crippen molar-refractivity contribution >= 4 is 11.6 Å². The lowest BCUT2D eigenvalue weighted by Gasteiger charge is -2.07. The molecule has 0 aromatic heterocycles. The number of hydrogen-bond acceptors (Lipinski definition) is 0. The fourth-order valence-corrected chi connectivity index (χ4v) is 1.21. The first-order valence-corrected chi connectivity index (χ1v) is 4.43. The molecule has 0 heterocycles. The average Bonchev–Trinajstić information content (AvgIpc) is 1.82. The fourth-order valence-electron chi connectivity index (χ4n) is 1.11. The summed E-state index contributed by atoms with van der Waals surface area (Å²) in [6.45, 7) is 6.71. The second-order valence-corrected chi connectivity index (χ2v) is 3.50. The number of allylic oxidation sites excluding steroid dienone is 2. The van der Waals surface area contributed by atoms with Gasteiger partial charge in [0, 0.05) is 5.88 Å². The summed E-state index contributed by atoms with van der Waals surface area (Å²) in [5.74, 6) is 2.11. The number of alkyl halides is 1. The number of halogens is 1. The molecule has 0 aliphatic rings. The third-order valence-electron chi connectivity index (χ3n) is 1.40. The molecule has 0 bridgehead atoms. The second-order valence-electron chi connectivity index (χ2n) is 3.19. The van der Waals surface area contributed by atoms with Gasteiger partial charge in [-0.25, -0.2) is 0 Å². The van der Waals surface area contributed by atoms with Gasteiger partial charge in [0.05, 0.1) is 0 Å². The molecule has 0 N–H and O–H groups in total. The Hall–Kier alpha value is 0.0300. The van der Waals surface area contributed by atoms with Gasteiger partial charge in [-0.1, -0.05) is 32.9 Å². The summed E-state index contributed by atoms with van der Waals surface area (Å²) in [5.41, 5.74) is 0. The van der Waals surface area contributed by atoms with Gasteiger partial charge >= 0.3 is 0 Å². The van der Waals surface area contributed by atoms with Gasteiger partial charge in [-0.05, 0) is 18.3 Å². The van der Waals surface area contributed by atoms with Crippen molar-refractivity contribution in [3.05, 3.63) is 12.2 Å². The van der Waals surface area contributed by atoms with E-state index in [1.165, 1.54) is 6.42 Å². The Morgan fingerprint density at radius 3 is 2.30 bits per heavy atom. The standard InChI is InChI=1S/C9H17Cl/c1-8(2)7-9(3)5-4-6-10/h4-5,8-9H,6-7H2,1-3H3/b5-4+. The highest BCUT2D eigenvalue weighted by Crippen LogP contribution is 2.11. The van der Waals surface area contributed by atoms with Crippen LogP contribution < -0.4 is 0 Å². The molecular weight excluding hydrogens is 144 g/mol.